The third kappa shape index (κ3) is 4.41. The molecule has 1 aromatic rings. The Bertz CT molecular complexity index is 375. The fourth-order valence-electron chi connectivity index (χ4n) is 2.75. The highest BCUT2D eigenvalue weighted by Gasteiger charge is 2.22. The fourth-order valence-corrected chi connectivity index (χ4v) is 3.61. The number of methoxy groups -OCH3 is 1. The largest absolute Gasteiger partial charge is 0.493 e. The van der Waals surface area contributed by atoms with Gasteiger partial charge in [0.15, 0.2) is 11.5 Å². The van der Waals surface area contributed by atoms with Gasteiger partial charge < -0.3 is 9.47 Å². The van der Waals surface area contributed by atoms with E-state index in [4.69, 9.17) is 9.47 Å². The van der Waals surface area contributed by atoms with Crippen molar-refractivity contribution in [2.24, 2.45) is 5.92 Å². The summed E-state index contributed by atoms with van der Waals surface area (Å²) in [5.41, 5.74) is 0. The minimum absolute atomic E-state index is 0.663. The van der Waals surface area contributed by atoms with Crippen LogP contribution in [0.25, 0.3) is 0 Å². The summed E-state index contributed by atoms with van der Waals surface area (Å²) in [4.78, 5) is 0.663. The van der Waals surface area contributed by atoms with Crippen LogP contribution in [0.1, 0.15) is 38.5 Å². The highest BCUT2D eigenvalue weighted by Crippen LogP contribution is 2.33. The summed E-state index contributed by atoms with van der Waals surface area (Å²) < 4.78 is 11.1. The van der Waals surface area contributed by atoms with Crippen molar-refractivity contribution < 1.29 is 9.47 Å². The molecule has 2 nitrogen and oxygen atoms in total. The SMILES string of the molecule is COc1ccccc1OCCCC(Br)C1CCCC1. The molecule has 1 aliphatic rings. The molecule has 0 aromatic heterocycles. The average molecular weight is 327 g/mol. The molecule has 2 rings (SSSR count). The molecule has 1 atom stereocenters. The first kappa shape index (κ1) is 14.7. The lowest BCUT2D eigenvalue weighted by Gasteiger charge is -2.17. The van der Waals surface area contributed by atoms with E-state index in [1.165, 1.54) is 32.1 Å². The van der Waals surface area contributed by atoms with Gasteiger partial charge in [0, 0.05) is 4.83 Å². The predicted octanol–water partition coefficient (Wildman–Crippen LogP) is 4.81. The third-order valence-corrected chi connectivity index (χ3v) is 5.07. The van der Waals surface area contributed by atoms with E-state index >= 15 is 0 Å². The van der Waals surface area contributed by atoms with E-state index in [0.717, 1.165) is 30.4 Å². The molecule has 106 valence electrons. The molecule has 0 aliphatic heterocycles. The summed E-state index contributed by atoms with van der Waals surface area (Å²) in [6.07, 6.45) is 7.88. The second-order valence-electron chi connectivity index (χ2n) is 5.20. The zero-order valence-corrected chi connectivity index (χ0v) is 13.2. The molecular formula is C16H23BrO2. The molecule has 1 saturated carbocycles. The summed E-state index contributed by atoms with van der Waals surface area (Å²) in [6.45, 7) is 0.759. The summed E-state index contributed by atoms with van der Waals surface area (Å²) in [6, 6.07) is 7.83. The maximum atomic E-state index is 5.80. The Morgan fingerprint density at radius 2 is 1.89 bits per heavy atom. The molecule has 0 bridgehead atoms. The lowest BCUT2D eigenvalue weighted by atomic mass is 10.0. The first-order valence-electron chi connectivity index (χ1n) is 7.21. The summed E-state index contributed by atoms with van der Waals surface area (Å²) in [5, 5.41) is 0. The Morgan fingerprint density at radius 3 is 2.58 bits per heavy atom. The highest BCUT2D eigenvalue weighted by molar-refractivity contribution is 9.09. The van der Waals surface area contributed by atoms with Gasteiger partial charge in [-0.05, 0) is 43.7 Å². The Kier molecular flexibility index (Phi) is 6.02. The van der Waals surface area contributed by atoms with Gasteiger partial charge in [-0.15, -0.1) is 0 Å². The lowest BCUT2D eigenvalue weighted by Crippen LogP contribution is -2.12. The molecule has 1 unspecified atom stereocenters. The number of halogens is 1. The van der Waals surface area contributed by atoms with Crippen LogP contribution in [-0.4, -0.2) is 18.5 Å². The number of rotatable bonds is 7. The van der Waals surface area contributed by atoms with Crippen molar-refractivity contribution in [1.82, 2.24) is 0 Å². The fraction of sp³-hybridized carbons (Fsp3) is 0.625. The molecule has 1 aromatic carbocycles. The minimum Gasteiger partial charge on any atom is -0.493 e. The van der Waals surface area contributed by atoms with Crippen molar-refractivity contribution >= 4 is 15.9 Å². The Morgan fingerprint density at radius 1 is 1.21 bits per heavy atom. The van der Waals surface area contributed by atoms with Crippen molar-refractivity contribution in [3.8, 4) is 11.5 Å². The molecule has 19 heavy (non-hydrogen) atoms. The number of benzene rings is 1. The number of hydrogen-bond acceptors (Lipinski definition) is 2. The van der Waals surface area contributed by atoms with E-state index in [-0.39, 0.29) is 0 Å². The molecular weight excluding hydrogens is 304 g/mol. The molecule has 0 radical (unpaired) electrons. The van der Waals surface area contributed by atoms with Gasteiger partial charge in [-0.2, -0.15) is 0 Å². The van der Waals surface area contributed by atoms with Crippen LogP contribution in [0.3, 0.4) is 0 Å². The first-order chi connectivity index (χ1) is 9.31. The molecule has 3 heteroatoms. The van der Waals surface area contributed by atoms with Crippen molar-refractivity contribution in [2.45, 2.75) is 43.4 Å². The van der Waals surface area contributed by atoms with E-state index in [1.54, 1.807) is 7.11 Å². The average Bonchev–Trinajstić information content (AvgIpc) is 2.98. The van der Waals surface area contributed by atoms with Gasteiger partial charge in [0.1, 0.15) is 0 Å². The number of ether oxygens (including phenoxy) is 2. The van der Waals surface area contributed by atoms with Crippen LogP contribution in [0.4, 0.5) is 0 Å². The molecule has 1 fully saturated rings. The van der Waals surface area contributed by atoms with E-state index in [9.17, 15) is 0 Å². The zero-order chi connectivity index (χ0) is 13.5. The number of para-hydroxylation sites is 2. The normalized spacial score (nSPS) is 17.4. The smallest absolute Gasteiger partial charge is 0.161 e. The topological polar surface area (TPSA) is 18.5 Å². The first-order valence-corrected chi connectivity index (χ1v) is 8.12. The number of alkyl halides is 1. The van der Waals surface area contributed by atoms with Crippen molar-refractivity contribution in [1.29, 1.82) is 0 Å². The quantitative estimate of drug-likeness (QED) is 0.529. The second-order valence-corrected chi connectivity index (χ2v) is 6.38. The number of hydrogen-bond donors (Lipinski definition) is 0. The summed E-state index contributed by atoms with van der Waals surface area (Å²) >= 11 is 3.84. The standard InChI is InChI=1S/C16H23BrO2/c1-18-15-10-4-5-11-16(15)19-12-6-9-14(17)13-7-2-3-8-13/h4-5,10-11,13-14H,2-3,6-9,12H2,1H3. The van der Waals surface area contributed by atoms with E-state index < -0.39 is 0 Å². The Hall–Kier alpha value is -0.700. The second kappa shape index (κ2) is 7.78. The summed E-state index contributed by atoms with van der Waals surface area (Å²) in [5.74, 6) is 2.54. The van der Waals surface area contributed by atoms with Crippen molar-refractivity contribution in [2.75, 3.05) is 13.7 Å². The van der Waals surface area contributed by atoms with Gasteiger partial charge in [-0.3, -0.25) is 0 Å². The van der Waals surface area contributed by atoms with Crippen LogP contribution in [0.15, 0.2) is 24.3 Å². The predicted molar refractivity (Wildman–Crippen MR) is 82.4 cm³/mol. The molecule has 0 N–H and O–H groups in total. The van der Waals surface area contributed by atoms with Crippen LogP contribution in [0, 0.1) is 5.92 Å². The van der Waals surface area contributed by atoms with Crippen molar-refractivity contribution in [3.05, 3.63) is 24.3 Å². The zero-order valence-electron chi connectivity index (χ0n) is 11.6. The maximum absolute atomic E-state index is 5.80. The Balaban J connectivity index is 1.68. The molecule has 0 amide bonds. The van der Waals surface area contributed by atoms with Crippen LogP contribution in [0.2, 0.25) is 0 Å². The van der Waals surface area contributed by atoms with Crippen molar-refractivity contribution in [3.63, 3.8) is 0 Å². The minimum atomic E-state index is 0.663. The van der Waals surface area contributed by atoms with E-state index in [1.807, 2.05) is 24.3 Å². The van der Waals surface area contributed by atoms with Crippen LogP contribution in [0.5, 0.6) is 11.5 Å². The van der Waals surface area contributed by atoms with Crippen LogP contribution >= 0.6 is 15.9 Å². The van der Waals surface area contributed by atoms with Gasteiger partial charge in [0.05, 0.1) is 13.7 Å². The lowest BCUT2D eigenvalue weighted by molar-refractivity contribution is 0.283. The molecule has 1 aliphatic carbocycles. The van der Waals surface area contributed by atoms with Gasteiger partial charge in [-0.1, -0.05) is 40.9 Å². The van der Waals surface area contributed by atoms with Crippen LogP contribution < -0.4 is 9.47 Å². The molecule has 0 saturated heterocycles. The van der Waals surface area contributed by atoms with E-state index in [0.29, 0.717) is 4.83 Å². The van der Waals surface area contributed by atoms with Gasteiger partial charge in [0.2, 0.25) is 0 Å². The Labute approximate surface area is 124 Å². The van der Waals surface area contributed by atoms with E-state index in [2.05, 4.69) is 15.9 Å². The molecule has 0 heterocycles. The molecule has 0 spiro atoms. The van der Waals surface area contributed by atoms with Gasteiger partial charge in [-0.25, -0.2) is 0 Å². The third-order valence-electron chi connectivity index (χ3n) is 3.86. The van der Waals surface area contributed by atoms with Gasteiger partial charge in [0.25, 0.3) is 0 Å². The summed E-state index contributed by atoms with van der Waals surface area (Å²) in [7, 11) is 1.68. The van der Waals surface area contributed by atoms with Gasteiger partial charge >= 0.3 is 0 Å². The monoisotopic (exact) mass is 326 g/mol. The van der Waals surface area contributed by atoms with Crippen LogP contribution in [-0.2, 0) is 0 Å². The maximum Gasteiger partial charge on any atom is 0.161 e. The highest BCUT2D eigenvalue weighted by atomic mass is 79.9.